The third-order valence-electron chi connectivity index (χ3n) is 3.57. The zero-order valence-electron chi connectivity index (χ0n) is 15.1. The molecule has 6 heteroatoms. The standard InChI is InChI=1S/C20H22ClN3O2/c1-13-8-14(2)10-18(9-13)22-19(25)11-15(3)23-24-20(26)12-16-4-6-17(21)7-5-16/h4-10H,11-12H2,1-3H3,(H,22,25)(H,24,26)/b23-15+. The van der Waals surface area contributed by atoms with Crippen molar-refractivity contribution in [3.63, 3.8) is 0 Å². The molecule has 0 fully saturated rings. The zero-order chi connectivity index (χ0) is 19.1. The molecule has 2 amide bonds. The maximum absolute atomic E-state index is 12.1. The van der Waals surface area contributed by atoms with Crippen molar-refractivity contribution in [1.29, 1.82) is 0 Å². The number of benzene rings is 2. The van der Waals surface area contributed by atoms with E-state index in [1.165, 1.54) is 0 Å². The van der Waals surface area contributed by atoms with Gasteiger partial charge in [0.1, 0.15) is 0 Å². The van der Waals surface area contributed by atoms with E-state index in [4.69, 9.17) is 11.6 Å². The predicted octanol–water partition coefficient (Wildman–Crippen LogP) is 4.02. The molecule has 2 aromatic rings. The Morgan fingerprint density at radius 3 is 2.23 bits per heavy atom. The van der Waals surface area contributed by atoms with Gasteiger partial charge < -0.3 is 5.32 Å². The van der Waals surface area contributed by atoms with Crippen molar-refractivity contribution in [2.24, 2.45) is 5.10 Å². The van der Waals surface area contributed by atoms with Crippen LogP contribution < -0.4 is 10.7 Å². The van der Waals surface area contributed by atoms with Crippen LogP contribution in [-0.2, 0) is 16.0 Å². The molecule has 5 nitrogen and oxygen atoms in total. The largest absolute Gasteiger partial charge is 0.326 e. The molecule has 136 valence electrons. The molecule has 0 heterocycles. The summed E-state index contributed by atoms with van der Waals surface area (Å²) in [5.41, 5.74) is 6.76. The van der Waals surface area contributed by atoms with E-state index in [9.17, 15) is 9.59 Å². The number of hydrogen-bond acceptors (Lipinski definition) is 3. The highest BCUT2D eigenvalue weighted by Gasteiger charge is 2.07. The number of hydrogen-bond donors (Lipinski definition) is 2. The van der Waals surface area contributed by atoms with Gasteiger partial charge in [0, 0.05) is 16.4 Å². The Bertz CT molecular complexity index is 809. The van der Waals surface area contributed by atoms with Gasteiger partial charge in [-0.25, -0.2) is 5.43 Å². The van der Waals surface area contributed by atoms with Gasteiger partial charge in [-0.1, -0.05) is 29.8 Å². The number of carbonyl (C=O) groups excluding carboxylic acids is 2. The van der Waals surface area contributed by atoms with Crippen LogP contribution in [0.2, 0.25) is 5.02 Å². The summed E-state index contributed by atoms with van der Waals surface area (Å²) in [5.74, 6) is -0.426. The van der Waals surface area contributed by atoms with E-state index < -0.39 is 0 Å². The summed E-state index contributed by atoms with van der Waals surface area (Å²) in [7, 11) is 0. The van der Waals surface area contributed by atoms with Crippen molar-refractivity contribution in [2.45, 2.75) is 33.6 Å². The van der Waals surface area contributed by atoms with Crippen molar-refractivity contribution in [3.8, 4) is 0 Å². The molecule has 0 spiro atoms. The fourth-order valence-corrected chi connectivity index (χ4v) is 2.63. The summed E-state index contributed by atoms with van der Waals surface area (Å²) < 4.78 is 0. The third-order valence-corrected chi connectivity index (χ3v) is 3.82. The summed E-state index contributed by atoms with van der Waals surface area (Å²) >= 11 is 5.81. The Balaban J connectivity index is 1.83. The lowest BCUT2D eigenvalue weighted by atomic mass is 10.1. The second kappa shape index (κ2) is 9.15. The van der Waals surface area contributed by atoms with Crippen LogP contribution in [0.5, 0.6) is 0 Å². The first-order valence-corrected chi connectivity index (χ1v) is 8.64. The fraction of sp³-hybridized carbons (Fsp3) is 0.250. The first-order valence-electron chi connectivity index (χ1n) is 8.26. The molecule has 2 rings (SSSR count). The maximum Gasteiger partial charge on any atom is 0.244 e. The van der Waals surface area contributed by atoms with Gasteiger partial charge in [0.2, 0.25) is 11.8 Å². The number of nitrogens with one attached hydrogen (secondary N) is 2. The van der Waals surface area contributed by atoms with Gasteiger partial charge in [-0.15, -0.1) is 0 Å². The van der Waals surface area contributed by atoms with Crippen molar-refractivity contribution in [3.05, 3.63) is 64.2 Å². The Morgan fingerprint density at radius 1 is 1.00 bits per heavy atom. The van der Waals surface area contributed by atoms with Crippen LogP contribution in [0.3, 0.4) is 0 Å². The zero-order valence-corrected chi connectivity index (χ0v) is 15.9. The Kier molecular flexibility index (Phi) is 6.92. The highest BCUT2D eigenvalue weighted by molar-refractivity contribution is 6.30. The minimum atomic E-state index is -0.249. The van der Waals surface area contributed by atoms with E-state index in [1.54, 1.807) is 31.2 Å². The minimum Gasteiger partial charge on any atom is -0.326 e. The van der Waals surface area contributed by atoms with Crippen molar-refractivity contribution in [2.75, 3.05) is 5.32 Å². The molecule has 0 saturated carbocycles. The normalized spacial score (nSPS) is 11.2. The summed E-state index contributed by atoms with van der Waals surface area (Å²) in [4.78, 5) is 24.0. The number of hydrazone groups is 1. The molecule has 0 saturated heterocycles. The van der Waals surface area contributed by atoms with E-state index in [2.05, 4.69) is 15.8 Å². The molecule has 0 aromatic heterocycles. The molecule has 0 aliphatic carbocycles. The van der Waals surface area contributed by atoms with Crippen LogP contribution in [0.4, 0.5) is 5.69 Å². The number of amides is 2. The highest BCUT2D eigenvalue weighted by Crippen LogP contribution is 2.14. The number of aryl methyl sites for hydroxylation is 2. The van der Waals surface area contributed by atoms with Gasteiger partial charge in [0.25, 0.3) is 0 Å². The quantitative estimate of drug-likeness (QED) is 0.594. The number of halogens is 1. The van der Waals surface area contributed by atoms with Crippen LogP contribution >= 0.6 is 11.6 Å². The van der Waals surface area contributed by atoms with E-state index in [0.717, 1.165) is 22.4 Å². The first kappa shape index (κ1) is 19.7. The van der Waals surface area contributed by atoms with Crippen LogP contribution in [0.1, 0.15) is 30.0 Å². The van der Waals surface area contributed by atoms with Gasteiger partial charge in [-0.2, -0.15) is 5.10 Å². The Labute approximate surface area is 158 Å². The lowest BCUT2D eigenvalue weighted by Crippen LogP contribution is -2.22. The first-order chi connectivity index (χ1) is 12.3. The topological polar surface area (TPSA) is 70.6 Å². The average Bonchev–Trinajstić information content (AvgIpc) is 2.54. The Morgan fingerprint density at radius 2 is 1.62 bits per heavy atom. The van der Waals surface area contributed by atoms with Gasteiger partial charge in [0.15, 0.2) is 0 Å². The van der Waals surface area contributed by atoms with Crippen LogP contribution in [0.15, 0.2) is 47.6 Å². The minimum absolute atomic E-state index is 0.105. The summed E-state index contributed by atoms with van der Waals surface area (Å²) in [6, 6.07) is 12.9. The van der Waals surface area contributed by atoms with Gasteiger partial charge in [-0.3, -0.25) is 9.59 Å². The molecule has 0 unspecified atom stereocenters. The monoisotopic (exact) mass is 371 g/mol. The van der Waals surface area contributed by atoms with Crippen LogP contribution in [0.25, 0.3) is 0 Å². The molecule has 0 atom stereocenters. The van der Waals surface area contributed by atoms with E-state index in [0.29, 0.717) is 10.7 Å². The number of anilines is 1. The van der Waals surface area contributed by atoms with Crippen molar-refractivity contribution in [1.82, 2.24) is 5.43 Å². The second-order valence-electron chi connectivity index (χ2n) is 6.29. The van der Waals surface area contributed by atoms with Crippen LogP contribution in [-0.4, -0.2) is 17.5 Å². The second-order valence-corrected chi connectivity index (χ2v) is 6.72. The molecule has 0 radical (unpaired) electrons. The molecule has 0 aliphatic heterocycles. The number of rotatable bonds is 6. The maximum atomic E-state index is 12.1. The fourth-order valence-electron chi connectivity index (χ4n) is 2.51. The molecule has 2 aromatic carbocycles. The summed E-state index contributed by atoms with van der Waals surface area (Å²) in [6.45, 7) is 5.65. The molecule has 2 N–H and O–H groups in total. The number of nitrogens with zero attached hydrogens (tertiary/aromatic N) is 1. The smallest absolute Gasteiger partial charge is 0.244 e. The van der Waals surface area contributed by atoms with E-state index >= 15 is 0 Å². The molecule has 0 aliphatic rings. The predicted molar refractivity (Wildman–Crippen MR) is 106 cm³/mol. The van der Waals surface area contributed by atoms with E-state index in [-0.39, 0.29) is 24.7 Å². The molecular weight excluding hydrogens is 350 g/mol. The summed E-state index contributed by atoms with van der Waals surface area (Å²) in [5, 5.41) is 7.45. The van der Waals surface area contributed by atoms with Gasteiger partial charge in [-0.05, 0) is 61.7 Å². The number of carbonyl (C=O) groups is 2. The van der Waals surface area contributed by atoms with E-state index in [1.807, 2.05) is 32.0 Å². The molecule has 26 heavy (non-hydrogen) atoms. The Hall–Kier alpha value is -2.66. The average molecular weight is 372 g/mol. The molecule has 0 bridgehead atoms. The highest BCUT2D eigenvalue weighted by atomic mass is 35.5. The van der Waals surface area contributed by atoms with Crippen molar-refractivity contribution < 1.29 is 9.59 Å². The lowest BCUT2D eigenvalue weighted by molar-refractivity contribution is -0.120. The SMILES string of the molecule is C/C(CC(=O)Nc1cc(C)cc(C)c1)=N\NC(=O)Cc1ccc(Cl)cc1. The van der Waals surface area contributed by atoms with Gasteiger partial charge >= 0.3 is 0 Å². The molecular formula is C20H22ClN3O2. The third kappa shape index (κ3) is 6.69. The van der Waals surface area contributed by atoms with Crippen LogP contribution in [0, 0.1) is 13.8 Å². The summed E-state index contributed by atoms with van der Waals surface area (Å²) in [6.07, 6.45) is 0.303. The lowest BCUT2D eigenvalue weighted by Gasteiger charge is -2.08. The van der Waals surface area contributed by atoms with Gasteiger partial charge in [0.05, 0.1) is 12.8 Å². The van der Waals surface area contributed by atoms with Crippen molar-refractivity contribution >= 4 is 34.8 Å².